The van der Waals surface area contributed by atoms with E-state index in [1.54, 1.807) is 22.7 Å². The van der Waals surface area contributed by atoms with E-state index < -0.39 is 20.9 Å². The zero-order valence-corrected chi connectivity index (χ0v) is 18.8. The van der Waals surface area contributed by atoms with Crippen LogP contribution in [-0.4, -0.2) is 89.0 Å². The topological polar surface area (TPSA) is 167 Å². The van der Waals surface area contributed by atoms with E-state index in [2.05, 4.69) is 20.3 Å². The van der Waals surface area contributed by atoms with E-state index >= 15 is 0 Å². The molecule has 1 aliphatic rings. The van der Waals surface area contributed by atoms with Crippen LogP contribution in [0.1, 0.15) is 23.1 Å². The molecule has 4 rings (SSSR count). The Balaban J connectivity index is 1.38. The van der Waals surface area contributed by atoms with Crippen LogP contribution in [0, 0.1) is 17.0 Å². The van der Waals surface area contributed by atoms with Gasteiger partial charge in [-0.05, 0) is 24.8 Å². The summed E-state index contributed by atoms with van der Waals surface area (Å²) in [7, 11) is -3.70. The lowest BCUT2D eigenvalue weighted by molar-refractivity contribution is -0.394. The Labute approximate surface area is 188 Å². The minimum Gasteiger partial charge on any atom is -0.390 e. The Bertz CT molecular complexity index is 1290. The summed E-state index contributed by atoms with van der Waals surface area (Å²) in [6, 6.07) is 1.53. The maximum Gasteiger partial charge on any atom is 0.491 e. The molecule has 3 aromatic heterocycles. The van der Waals surface area contributed by atoms with Crippen molar-refractivity contribution in [2.75, 3.05) is 26.2 Å². The molecule has 0 bridgehead atoms. The fourth-order valence-corrected chi connectivity index (χ4v) is 5.08. The summed E-state index contributed by atoms with van der Waals surface area (Å²) in [4.78, 5) is 28.1. The summed E-state index contributed by atoms with van der Waals surface area (Å²) in [6.07, 6.45) is 4.28. The van der Waals surface area contributed by atoms with Gasteiger partial charge in [0.15, 0.2) is 6.67 Å². The van der Waals surface area contributed by atoms with Crippen molar-refractivity contribution in [1.82, 2.24) is 43.5 Å². The van der Waals surface area contributed by atoms with Gasteiger partial charge in [-0.15, -0.1) is 0 Å². The van der Waals surface area contributed by atoms with Crippen molar-refractivity contribution in [3.05, 3.63) is 46.3 Å². The van der Waals surface area contributed by atoms with Gasteiger partial charge in [-0.2, -0.15) is 19.2 Å². The summed E-state index contributed by atoms with van der Waals surface area (Å²) in [5.74, 6) is -0.853. The van der Waals surface area contributed by atoms with Gasteiger partial charge in [-0.25, -0.2) is 13.1 Å². The highest BCUT2D eigenvalue weighted by atomic mass is 32.2. The van der Waals surface area contributed by atoms with E-state index in [1.165, 1.54) is 32.3 Å². The van der Waals surface area contributed by atoms with Crippen molar-refractivity contribution in [2.45, 2.75) is 32.0 Å². The summed E-state index contributed by atoms with van der Waals surface area (Å²) >= 11 is 0. The van der Waals surface area contributed by atoms with Gasteiger partial charge in [0.2, 0.25) is 16.4 Å². The van der Waals surface area contributed by atoms with E-state index in [0.29, 0.717) is 12.2 Å². The molecule has 0 atom stereocenters. The van der Waals surface area contributed by atoms with E-state index in [4.69, 9.17) is 0 Å². The zero-order chi connectivity index (χ0) is 23.8. The molecule has 0 unspecified atom stereocenters. The molecule has 1 saturated heterocycles. The SMILES string of the molecule is CCn1cc(S(=O)(=O)N2CCN(C(=O)c3ccn(Cn4cnc([N+](=O)[O-])n4)n3)CC2)c(C)n1. The van der Waals surface area contributed by atoms with Crippen molar-refractivity contribution in [1.29, 1.82) is 0 Å². The third-order valence-corrected chi connectivity index (χ3v) is 7.21. The molecular weight excluding hydrogens is 456 g/mol. The number of aryl methyl sites for hydroxylation is 2. The van der Waals surface area contributed by atoms with Crippen LogP contribution < -0.4 is 0 Å². The molecule has 0 spiro atoms. The first-order valence-electron chi connectivity index (χ1n) is 10.1. The normalized spacial score (nSPS) is 15.2. The number of hydrogen-bond donors (Lipinski definition) is 0. The lowest BCUT2D eigenvalue weighted by Crippen LogP contribution is -2.50. The molecule has 4 heterocycles. The predicted molar refractivity (Wildman–Crippen MR) is 112 cm³/mol. The monoisotopic (exact) mass is 478 g/mol. The molecule has 1 aliphatic heterocycles. The van der Waals surface area contributed by atoms with Gasteiger partial charge in [0, 0.05) is 50.2 Å². The molecule has 0 saturated carbocycles. The van der Waals surface area contributed by atoms with Crippen LogP contribution in [0.15, 0.2) is 29.7 Å². The van der Waals surface area contributed by atoms with E-state index in [-0.39, 0.29) is 49.3 Å². The number of amides is 1. The maximum atomic E-state index is 13.0. The smallest absolute Gasteiger partial charge is 0.390 e. The molecular formula is C17H22N10O5S. The molecule has 1 amide bonds. The lowest BCUT2D eigenvalue weighted by Gasteiger charge is -2.33. The van der Waals surface area contributed by atoms with Crippen molar-refractivity contribution in [2.24, 2.45) is 0 Å². The van der Waals surface area contributed by atoms with E-state index in [9.17, 15) is 23.3 Å². The molecule has 33 heavy (non-hydrogen) atoms. The Morgan fingerprint density at radius 2 is 1.85 bits per heavy atom. The number of nitrogens with zero attached hydrogens (tertiary/aromatic N) is 10. The average molecular weight is 478 g/mol. The van der Waals surface area contributed by atoms with Crippen LogP contribution in [0.25, 0.3) is 0 Å². The largest absolute Gasteiger partial charge is 0.491 e. The first-order chi connectivity index (χ1) is 15.7. The van der Waals surface area contributed by atoms with E-state index in [0.717, 1.165) is 0 Å². The Kier molecular flexibility index (Phi) is 5.94. The van der Waals surface area contributed by atoms with Crippen molar-refractivity contribution >= 4 is 21.9 Å². The summed E-state index contributed by atoms with van der Waals surface area (Å²) in [6.45, 7) is 4.92. The lowest BCUT2D eigenvalue weighted by atomic mass is 10.3. The average Bonchev–Trinajstić information content (AvgIpc) is 3.53. The standard InChI is InChI=1S/C17H22N10O5S/c1-3-23-10-15(13(2)19-23)33(31,32)26-8-6-22(7-9-26)16(28)14-4-5-24(20-14)12-25-11-18-17(21-25)27(29)30/h4-5,10-11H,3,6-9,12H2,1-2H3. The minimum atomic E-state index is -3.70. The molecule has 0 aliphatic carbocycles. The van der Waals surface area contributed by atoms with Gasteiger partial charge in [-0.1, -0.05) is 4.98 Å². The zero-order valence-electron chi connectivity index (χ0n) is 18.0. The number of piperazine rings is 1. The van der Waals surface area contributed by atoms with Crippen LogP contribution in [0.2, 0.25) is 0 Å². The Hall–Kier alpha value is -3.66. The van der Waals surface area contributed by atoms with Crippen molar-refractivity contribution < 1.29 is 18.1 Å². The van der Waals surface area contributed by atoms with Gasteiger partial charge >= 0.3 is 5.95 Å². The highest BCUT2D eigenvalue weighted by molar-refractivity contribution is 7.89. The molecule has 0 radical (unpaired) electrons. The van der Waals surface area contributed by atoms with Crippen molar-refractivity contribution in [3.8, 4) is 0 Å². The molecule has 3 aromatic rings. The fourth-order valence-electron chi connectivity index (χ4n) is 3.49. The highest BCUT2D eigenvalue weighted by Gasteiger charge is 2.33. The Morgan fingerprint density at radius 1 is 1.12 bits per heavy atom. The van der Waals surface area contributed by atoms with Gasteiger partial charge in [-0.3, -0.25) is 9.48 Å². The van der Waals surface area contributed by atoms with Gasteiger partial charge in [0.1, 0.15) is 10.6 Å². The van der Waals surface area contributed by atoms with E-state index in [1.807, 2.05) is 6.92 Å². The number of hydrogen-bond acceptors (Lipinski definition) is 9. The third-order valence-electron chi connectivity index (χ3n) is 5.21. The number of nitro groups is 1. The third kappa shape index (κ3) is 4.47. The van der Waals surface area contributed by atoms with Gasteiger partial charge < -0.3 is 15.0 Å². The Morgan fingerprint density at radius 3 is 2.45 bits per heavy atom. The molecule has 176 valence electrons. The first kappa shape index (κ1) is 22.5. The van der Waals surface area contributed by atoms with Crippen LogP contribution >= 0.6 is 0 Å². The quantitative estimate of drug-likeness (QED) is 0.323. The number of sulfonamides is 1. The highest BCUT2D eigenvalue weighted by Crippen LogP contribution is 2.21. The predicted octanol–water partition coefficient (Wildman–Crippen LogP) is -0.440. The summed E-state index contributed by atoms with van der Waals surface area (Å²) < 4.78 is 31.6. The molecule has 1 fully saturated rings. The van der Waals surface area contributed by atoms with Crippen LogP contribution in [0.5, 0.6) is 0 Å². The maximum absolute atomic E-state index is 13.0. The molecule has 16 heteroatoms. The molecule has 15 nitrogen and oxygen atoms in total. The second-order valence-electron chi connectivity index (χ2n) is 7.35. The number of carbonyl (C=O) groups excluding carboxylic acids is 1. The number of aromatic nitrogens is 7. The number of carbonyl (C=O) groups is 1. The van der Waals surface area contributed by atoms with Gasteiger partial charge in [0.05, 0.1) is 5.69 Å². The van der Waals surface area contributed by atoms with Gasteiger partial charge in [0.25, 0.3) is 5.91 Å². The molecule has 0 aromatic carbocycles. The molecule has 0 N–H and O–H groups in total. The van der Waals surface area contributed by atoms with Crippen LogP contribution in [-0.2, 0) is 23.2 Å². The summed E-state index contributed by atoms with van der Waals surface area (Å²) in [5.41, 5.74) is 0.625. The second kappa shape index (κ2) is 8.70. The second-order valence-corrected chi connectivity index (χ2v) is 9.26. The fraction of sp³-hybridized carbons (Fsp3) is 0.471. The van der Waals surface area contributed by atoms with Crippen LogP contribution in [0.3, 0.4) is 0 Å². The van der Waals surface area contributed by atoms with Crippen molar-refractivity contribution in [3.63, 3.8) is 0 Å². The summed E-state index contributed by atoms with van der Waals surface area (Å²) in [5, 5.41) is 22.8. The van der Waals surface area contributed by atoms with Crippen LogP contribution in [0.4, 0.5) is 5.95 Å². The first-order valence-corrected chi connectivity index (χ1v) is 11.5. The number of rotatable bonds is 7. The minimum absolute atomic E-state index is 0.0466.